The maximum absolute atomic E-state index is 12.7. The molecular formula is C25H24O4. The van der Waals surface area contributed by atoms with Gasteiger partial charge < -0.3 is 9.47 Å². The minimum atomic E-state index is -0.485. The summed E-state index contributed by atoms with van der Waals surface area (Å²) in [5, 5.41) is 0. The van der Waals surface area contributed by atoms with Gasteiger partial charge in [0.05, 0.1) is 11.1 Å². The third kappa shape index (κ3) is 4.54. The van der Waals surface area contributed by atoms with Crippen LogP contribution >= 0.6 is 0 Å². The van der Waals surface area contributed by atoms with Crippen molar-refractivity contribution < 1.29 is 19.1 Å². The summed E-state index contributed by atoms with van der Waals surface area (Å²) >= 11 is 0. The number of aryl methyl sites for hydroxylation is 2. The summed E-state index contributed by atoms with van der Waals surface area (Å²) in [7, 11) is 0. The van der Waals surface area contributed by atoms with Gasteiger partial charge in [0.15, 0.2) is 11.5 Å². The van der Waals surface area contributed by atoms with Crippen molar-refractivity contribution in [1.82, 2.24) is 0 Å². The highest BCUT2D eigenvalue weighted by atomic mass is 16.6. The van der Waals surface area contributed by atoms with E-state index in [-0.39, 0.29) is 0 Å². The Bertz CT molecular complexity index is 1010. The molecule has 3 aromatic carbocycles. The molecule has 29 heavy (non-hydrogen) atoms. The predicted octanol–water partition coefficient (Wildman–Crippen LogP) is 5.56. The summed E-state index contributed by atoms with van der Waals surface area (Å²) in [6.07, 6.45) is 1.42. The van der Waals surface area contributed by atoms with Crippen LogP contribution in [0.3, 0.4) is 0 Å². The standard InChI is InChI=1S/C25H24O4/c1-4-18-16-19(5-2)23(29-25(27)21-14-10-7-11-15-21)22(17(18)3)28-24(26)20-12-8-6-9-13-20/h6-16H,4-5H2,1-3H3. The van der Waals surface area contributed by atoms with Crippen molar-refractivity contribution >= 4 is 11.9 Å². The number of rotatable bonds is 6. The van der Waals surface area contributed by atoms with Crippen molar-refractivity contribution in [3.8, 4) is 11.5 Å². The molecule has 0 aromatic heterocycles. The zero-order chi connectivity index (χ0) is 20.8. The first-order valence-corrected chi connectivity index (χ1v) is 9.74. The summed E-state index contributed by atoms with van der Waals surface area (Å²) in [5.74, 6) is -0.360. The zero-order valence-electron chi connectivity index (χ0n) is 16.9. The molecule has 0 fully saturated rings. The summed E-state index contributed by atoms with van der Waals surface area (Å²) < 4.78 is 11.5. The molecule has 0 aliphatic rings. The Hall–Kier alpha value is -3.40. The quantitative estimate of drug-likeness (QED) is 0.410. The lowest BCUT2D eigenvalue weighted by Crippen LogP contribution is -2.15. The molecule has 0 atom stereocenters. The fourth-order valence-corrected chi connectivity index (χ4v) is 3.16. The van der Waals surface area contributed by atoms with Crippen LogP contribution in [0.2, 0.25) is 0 Å². The van der Waals surface area contributed by atoms with Crippen molar-refractivity contribution in [2.75, 3.05) is 0 Å². The van der Waals surface area contributed by atoms with Gasteiger partial charge >= 0.3 is 11.9 Å². The molecule has 0 bridgehead atoms. The first-order chi connectivity index (χ1) is 14.0. The molecule has 0 saturated carbocycles. The number of benzene rings is 3. The Morgan fingerprint density at radius 1 is 0.690 bits per heavy atom. The van der Waals surface area contributed by atoms with Crippen molar-refractivity contribution in [1.29, 1.82) is 0 Å². The van der Waals surface area contributed by atoms with E-state index in [4.69, 9.17) is 9.47 Å². The van der Waals surface area contributed by atoms with Gasteiger partial charge in [-0.25, -0.2) is 9.59 Å². The molecule has 0 aliphatic heterocycles. The van der Waals surface area contributed by atoms with Crippen molar-refractivity contribution in [3.63, 3.8) is 0 Å². The van der Waals surface area contributed by atoms with E-state index < -0.39 is 11.9 Å². The maximum atomic E-state index is 12.7. The summed E-state index contributed by atoms with van der Waals surface area (Å²) in [5.41, 5.74) is 3.55. The van der Waals surface area contributed by atoms with Crippen LogP contribution in [0, 0.1) is 6.92 Å². The number of ether oxygens (including phenoxy) is 2. The first-order valence-electron chi connectivity index (χ1n) is 9.74. The van der Waals surface area contributed by atoms with Gasteiger partial charge in [-0.3, -0.25) is 0 Å². The van der Waals surface area contributed by atoms with Gasteiger partial charge in [-0.05, 0) is 60.7 Å². The van der Waals surface area contributed by atoms with E-state index in [1.807, 2.05) is 39.0 Å². The molecule has 4 heteroatoms. The summed E-state index contributed by atoms with van der Waals surface area (Å²) in [4.78, 5) is 25.4. The molecule has 3 aromatic rings. The topological polar surface area (TPSA) is 52.6 Å². The molecule has 0 amide bonds. The van der Waals surface area contributed by atoms with Crippen LogP contribution in [0.15, 0.2) is 66.7 Å². The van der Waals surface area contributed by atoms with Crippen LogP contribution in [0.25, 0.3) is 0 Å². The minimum Gasteiger partial charge on any atom is -0.419 e. The SMILES string of the molecule is CCc1cc(CC)c(OC(=O)c2ccccc2)c(OC(=O)c2ccccc2)c1C. The molecule has 0 saturated heterocycles. The molecular weight excluding hydrogens is 364 g/mol. The highest BCUT2D eigenvalue weighted by molar-refractivity contribution is 5.93. The molecule has 4 nitrogen and oxygen atoms in total. The van der Waals surface area contributed by atoms with Gasteiger partial charge in [0, 0.05) is 0 Å². The van der Waals surface area contributed by atoms with Gasteiger partial charge in [0.1, 0.15) is 0 Å². The van der Waals surface area contributed by atoms with Gasteiger partial charge in [0.25, 0.3) is 0 Å². The number of esters is 2. The Morgan fingerprint density at radius 2 is 1.14 bits per heavy atom. The maximum Gasteiger partial charge on any atom is 0.343 e. The number of hydrogen-bond acceptors (Lipinski definition) is 4. The van der Waals surface area contributed by atoms with E-state index in [2.05, 4.69) is 0 Å². The van der Waals surface area contributed by atoms with E-state index in [0.29, 0.717) is 29.0 Å². The third-order valence-electron chi connectivity index (χ3n) is 4.84. The van der Waals surface area contributed by atoms with Crippen LogP contribution in [0.5, 0.6) is 11.5 Å². The van der Waals surface area contributed by atoms with Crippen molar-refractivity contribution in [2.24, 2.45) is 0 Å². The molecule has 0 N–H and O–H groups in total. The van der Waals surface area contributed by atoms with E-state index in [0.717, 1.165) is 23.1 Å². The molecule has 148 valence electrons. The Kier molecular flexibility index (Phi) is 6.45. The highest BCUT2D eigenvalue weighted by Gasteiger charge is 2.23. The second-order valence-electron chi connectivity index (χ2n) is 6.70. The molecule has 0 aliphatic carbocycles. The lowest BCUT2D eigenvalue weighted by atomic mass is 9.99. The molecule has 0 spiro atoms. The number of hydrogen-bond donors (Lipinski definition) is 0. The second-order valence-corrected chi connectivity index (χ2v) is 6.70. The van der Waals surface area contributed by atoms with Gasteiger partial charge in [-0.15, -0.1) is 0 Å². The van der Waals surface area contributed by atoms with E-state index in [1.54, 1.807) is 48.5 Å². The van der Waals surface area contributed by atoms with Crippen molar-refractivity contribution in [3.05, 3.63) is 94.5 Å². The normalized spacial score (nSPS) is 10.4. The van der Waals surface area contributed by atoms with E-state index >= 15 is 0 Å². The summed E-state index contributed by atoms with van der Waals surface area (Å²) in [6, 6.07) is 19.6. The summed E-state index contributed by atoms with van der Waals surface area (Å²) in [6.45, 7) is 5.90. The Balaban J connectivity index is 2.04. The lowest BCUT2D eigenvalue weighted by Gasteiger charge is -2.19. The molecule has 3 rings (SSSR count). The third-order valence-corrected chi connectivity index (χ3v) is 4.84. The Labute approximate surface area is 171 Å². The van der Waals surface area contributed by atoms with Crippen LogP contribution < -0.4 is 9.47 Å². The van der Waals surface area contributed by atoms with Crippen LogP contribution in [-0.4, -0.2) is 11.9 Å². The average molecular weight is 388 g/mol. The van der Waals surface area contributed by atoms with E-state index in [9.17, 15) is 9.59 Å². The zero-order valence-corrected chi connectivity index (χ0v) is 16.9. The van der Waals surface area contributed by atoms with Crippen LogP contribution in [0.1, 0.15) is 51.3 Å². The predicted molar refractivity (Wildman–Crippen MR) is 113 cm³/mol. The van der Waals surface area contributed by atoms with Crippen LogP contribution in [0.4, 0.5) is 0 Å². The average Bonchev–Trinajstić information content (AvgIpc) is 2.77. The van der Waals surface area contributed by atoms with E-state index in [1.165, 1.54) is 0 Å². The second kappa shape index (κ2) is 9.20. The fourth-order valence-electron chi connectivity index (χ4n) is 3.16. The number of carbonyl (C=O) groups excluding carboxylic acids is 2. The monoisotopic (exact) mass is 388 g/mol. The Morgan fingerprint density at radius 3 is 1.59 bits per heavy atom. The van der Waals surface area contributed by atoms with Gasteiger partial charge in [-0.2, -0.15) is 0 Å². The molecule has 0 heterocycles. The lowest BCUT2D eigenvalue weighted by molar-refractivity contribution is 0.0680. The first kappa shape index (κ1) is 20.3. The van der Waals surface area contributed by atoms with Crippen molar-refractivity contribution in [2.45, 2.75) is 33.6 Å². The molecule has 0 radical (unpaired) electrons. The molecule has 0 unspecified atom stereocenters. The van der Waals surface area contributed by atoms with Crippen LogP contribution in [-0.2, 0) is 12.8 Å². The minimum absolute atomic E-state index is 0.305. The largest absolute Gasteiger partial charge is 0.419 e. The highest BCUT2D eigenvalue weighted by Crippen LogP contribution is 2.39. The van der Waals surface area contributed by atoms with Gasteiger partial charge in [0.2, 0.25) is 0 Å². The smallest absolute Gasteiger partial charge is 0.343 e. The van der Waals surface area contributed by atoms with Gasteiger partial charge in [-0.1, -0.05) is 56.3 Å². The number of carbonyl (C=O) groups is 2. The fraction of sp³-hybridized carbons (Fsp3) is 0.200.